The van der Waals surface area contributed by atoms with Gasteiger partial charge >= 0.3 is 12.0 Å². The first kappa shape index (κ1) is 17.7. The number of urea groups is 1. The van der Waals surface area contributed by atoms with Gasteiger partial charge < -0.3 is 15.4 Å². The molecule has 126 valence electrons. The summed E-state index contributed by atoms with van der Waals surface area (Å²) in [6.07, 6.45) is 0. The third-order valence-corrected chi connectivity index (χ3v) is 3.43. The second-order valence-corrected chi connectivity index (χ2v) is 5.23. The van der Waals surface area contributed by atoms with E-state index < -0.39 is 17.8 Å². The number of anilines is 1. The molecule has 0 aliphatic rings. The van der Waals surface area contributed by atoms with Crippen molar-refractivity contribution < 1.29 is 18.7 Å². The van der Waals surface area contributed by atoms with Gasteiger partial charge in [0, 0.05) is 6.54 Å². The maximum absolute atomic E-state index is 13.6. The van der Waals surface area contributed by atoms with Crippen molar-refractivity contribution >= 4 is 29.3 Å². The van der Waals surface area contributed by atoms with Crippen LogP contribution < -0.4 is 10.6 Å². The third kappa shape index (κ3) is 4.70. The van der Waals surface area contributed by atoms with Gasteiger partial charge in [0.05, 0.1) is 22.9 Å². The Morgan fingerprint density at radius 1 is 1.17 bits per heavy atom. The number of hydrogen-bond donors (Lipinski definition) is 2. The number of para-hydroxylation sites is 1. The van der Waals surface area contributed by atoms with Gasteiger partial charge in [0.25, 0.3) is 0 Å². The standard InChI is InChI=1S/C17H16ClFN2O3/c1-2-24-16(22)12-8-6-11(7-9-12)10-20-17(23)21-15-13(18)4-3-5-14(15)19/h3-9H,2,10H2,1H3,(H2,20,21,23). The second kappa shape index (κ2) is 8.31. The molecule has 24 heavy (non-hydrogen) atoms. The summed E-state index contributed by atoms with van der Waals surface area (Å²) in [4.78, 5) is 23.4. The van der Waals surface area contributed by atoms with Crippen molar-refractivity contribution in [3.63, 3.8) is 0 Å². The zero-order chi connectivity index (χ0) is 17.5. The molecule has 0 saturated carbocycles. The quantitative estimate of drug-likeness (QED) is 0.801. The highest BCUT2D eigenvalue weighted by molar-refractivity contribution is 6.33. The van der Waals surface area contributed by atoms with E-state index in [0.717, 1.165) is 5.56 Å². The smallest absolute Gasteiger partial charge is 0.338 e. The van der Waals surface area contributed by atoms with Crippen LogP contribution in [-0.4, -0.2) is 18.6 Å². The predicted octanol–water partition coefficient (Wildman–Crippen LogP) is 3.98. The Morgan fingerprint density at radius 2 is 1.88 bits per heavy atom. The number of amides is 2. The van der Waals surface area contributed by atoms with Crippen LogP contribution in [0.1, 0.15) is 22.8 Å². The first-order chi connectivity index (χ1) is 11.5. The fourth-order valence-electron chi connectivity index (χ4n) is 1.93. The zero-order valence-corrected chi connectivity index (χ0v) is 13.7. The Kier molecular flexibility index (Phi) is 6.14. The van der Waals surface area contributed by atoms with Crippen LogP contribution in [0.5, 0.6) is 0 Å². The lowest BCUT2D eigenvalue weighted by atomic mass is 10.1. The average Bonchev–Trinajstić information content (AvgIpc) is 2.57. The first-order valence-corrected chi connectivity index (χ1v) is 7.64. The molecular formula is C17H16ClFN2O3. The number of carbonyl (C=O) groups is 2. The van der Waals surface area contributed by atoms with Gasteiger partial charge in [0.2, 0.25) is 0 Å². The van der Waals surface area contributed by atoms with Crippen LogP contribution in [0.25, 0.3) is 0 Å². The Morgan fingerprint density at radius 3 is 2.50 bits per heavy atom. The summed E-state index contributed by atoms with van der Waals surface area (Å²) in [5, 5.41) is 5.06. The molecule has 0 bridgehead atoms. The fraction of sp³-hybridized carbons (Fsp3) is 0.176. The Hall–Kier alpha value is -2.60. The lowest BCUT2D eigenvalue weighted by molar-refractivity contribution is 0.0526. The van der Waals surface area contributed by atoms with Crippen LogP contribution >= 0.6 is 11.6 Å². The summed E-state index contributed by atoms with van der Waals surface area (Å²) in [5.74, 6) is -1.01. The van der Waals surface area contributed by atoms with Crippen molar-refractivity contribution in [3.8, 4) is 0 Å². The number of nitrogens with one attached hydrogen (secondary N) is 2. The van der Waals surface area contributed by atoms with Crippen LogP contribution in [0.15, 0.2) is 42.5 Å². The van der Waals surface area contributed by atoms with Crippen LogP contribution in [0.4, 0.5) is 14.9 Å². The Bertz CT molecular complexity index is 715. The number of benzene rings is 2. The summed E-state index contributed by atoms with van der Waals surface area (Å²) in [6.45, 7) is 2.25. The topological polar surface area (TPSA) is 67.4 Å². The third-order valence-electron chi connectivity index (χ3n) is 3.12. The fourth-order valence-corrected chi connectivity index (χ4v) is 2.14. The molecular weight excluding hydrogens is 335 g/mol. The summed E-state index contributed by atoms with van der Waals surface area (Å²) < 4.78 is 18.5. The largest absolute Gasteiger partial charge is 0.462 e. The van der Waals surface area contributed by atoms with E-state index in [9.17, 15) is 14.0 Å². The first-order valence-electron chi connectivity index (χ1n) is 7.26. The van der Waals surface area contributed by atoms with Gasteiger partial charge in [-0.1, -0.05) is 29.8 Å². The highest BCUT2D eigenvalue weighted by atomic mass is 35.5. The molecule has 2 N–H and O–H groups in total. The number of rotatable bonds is 5. The molecule has 2 amide bonds. The molecule has 0 radical (unpaired) electrons. The van der Waals surface area contributed by atoms with E-state index in [1.807, 2.05) is 0 Å². The molecule has 2 rings (SSSR count). The maximum Gasteiger partial charge on any atom is 0.338 e. The molecule has 0 aliphatic carbocycles. The molecule has 2 aromatic carbocycles. The van der Waals surface area contributed by atoms with E-state index in [2.05, 4.69) is 10.6 Å². The lowest BCUT2D eigenvalue weighted by Crippen LogP contribution is -2.28. The molecule has 5 nitrogen and oxygen atoms in total. The summed E-state index contributed by atoms with van der Waals surface area (Å²) in [5.41, 5.74) is 1.13. The average molecular weight is 351 g/mol. The van der Waals surface area contributed by atoms with Crippen molar-refractivity contribution in [1.29, 1.82) is 0 Å². The van der Waals surface area contributed by atoms with E-state index in [1.54, 1.807) is 31.2 Å². The minimum absolute atomic E-state index is 0.0747. The SMILES string of the molecule is CCOC(=O)c1ccc(CNC(=O)Nc2c(F)cccc2Cl)cc1. The van der Waals surface area contributed by atoms with Crippen molar-refractivity contribution in [3.05, 3.63) is 64.4 Å². The summed E-state index contributed by atoms with van der Waals surface area (Å²) >= 11 is 5.84. The van der Waals surface area contributed by atoms with E-state index in [0.29, 0.717) is 12.2 Å². The number of ether oxygens (including phenoxy) is 1. The minimum Gasteiger partial charge on any atom is -0.462 e. The van der Waals surface area contributed by atoms with Crippen molar-refractivity contribution in [2.45, 2.75) is 13.5 Å². The van der Waals surface area contributed by atoms with Crippen molar-refractivity contribution in [2.24, 2.45) is 0 Å². The van der Waals surface area contributed by atoms with Gasteiger partial charge in [0.15, 0.2) is 0 Å². The highest BCUT2D eigenvalue weighted by Gasteiger charge is 2.10. The molecule has 0 aliphatic heterocycles. The van der Waals surface area contributed by atoms with Gasteiger partial charge in [-0.05, 0) is 36.8 Å². The second-order valence-electron chi connectivity index (χ2n) is 4.82. The number of halogens is 2. The summed E-state index contributed by atoms with van der Waals surface area (Å²) in [7, 11) is 0. The minimum atomic E-state index is -0.614. The molecule has 0 heterocycles. The summed E-state index contributed by atoms with van der Waals surface area (Å²) in [6, 6.07) is 10.2. The Balaban J connectivity index is 1.91. The number of esters is 1. The number of carbonyl (C=O) groups excluding carboxylic acids is 2. The molecule has 0 saturated heterocycles. The predicted molar refractivity (Wildman–Crippen MR) is 89.7 cm³/mol. The normalized spacial score (nSPS) is 10.1. The van der Waals surface area contributed by atoms with E-state index in [-0.39, 0.29) is 17.3 Å². The van der Waals surface area contributed by atoms with Gasteiger partial charge in [-0.15, -0.1) is 0 Å². The lowest BCUT2D eigenvalue weighted by Gasteiger charge is -2.10. The zero-order valence-electron chi connectivity index (χ0n) is 12.9. The van der Waals surface area contributed by atoms with Crippen LogP contribution in [0.2, 0.25) is 5.02 Å². The molecule has 0 spiro atoms. The molecule has 0 aromatic heterocycles. The van der Waals surface area contributed by atoms with Crippen LogP contribution in [0.3, 0.4) is 0 Å². The Labute approximate surface area is 143 Å². The van der Waals surface area contributed by atoms with Gasteiger partial charge in [0.1, 0.15) is 5.82 Å². The molecule has 2 aromatic rings. The monoisotopic (exact) mass is 350 g/mol. The molecule has 0 unspecified atom stereocenters. The van der Waals surface area contributed by atoms with Gasteiger partial charge in [-0.25, -0.2) is 14.0 Å². The van der Waals surface area contributed by atoms with E-state index in [4.69, 9.17) is 16.3 Å². The van der Waals surface area contributed by atoms with Gasteiger partial charge in [-0.2, -0.15) is 0 Å². The highest BCUT2D eigenvalue weighted by Crippen LogP contribution is 2.24. The molecule has 0 atom stereocenters. The molecule has 0 fully saturated rings. The van der Waals surface area contributed by atoms with Crippen LogP contribution in [0, 0.1) is 5.82 Å². The number of hydrogen-bond acceptors (Lipinski definition) is 3. The van der Waals surface area contributed by atoms with E-state index in [1.165, 1.54) is 18.2 Å². The molecule has 7 heteroatoms. The van der Waals surface area contributed by atoms with Crippen molar-refractivity contribution in [2.75, 3.05) is 11.9 Å². The van der Waals surface area contributed by atoms with Crippen LogP contribution in [-0.2, 0) is 11.3 Å². The van der Waals surface area contributed by atoms with E-state index >= 15 is 0 Å². The maximum atomic E-state index is 13.6. The van der Waals surface area contributed by atoms with Crippen molar-refractivity contribution in [1.82, 2.24) is 5.32 Å². The van der Waals surface area contributed by atoms with Gasteiger partial charge in [-0.3, -0.25) is 0 Å².